The quantitative estimate of drug-likeness (QED) is 0.0761. The minimum atomic E-state index is -2.37. The lowest BCUT2D eigenvalue weighted by molar-refractivity contribution is -0.169. The van der Waals surface area contributed by atoms with Crippen molar-refractivity contribution in [2.24, 2.45) is 5.92 Å². The van der Waals surface area contributed by atoms with Crippen molar-refractivity contribution in [3.05, 3.63) is 59.2 Å². The Kier molecular flexibility index (Phi) is 11.5. The van der Waals surface area contributed by atoms with Crippen LogP contribution in [0.15, 0.2) is 53.6 Å². The molecule has 7 nitrogen and oxygen atoms in total. The van der Waals surface area contributed by atoms with E-state index in [1.807, 2.05) is 56.9 Å². The fourth-order valence-corrected chi connectivity index (χ4v) is 7.64. The summed E-state index contributed by atoms with van der Waals surface area (Å²) < 4.78 is 24.1. The first-order chi connectivity index (χ1) is 18.8. The van der Waals surface area contributed by atoms with Crippen LogP contribution >= 0.6 is 0 Å². The van der Waals surface area contributed by atoms with Gasteiger partial charge in [-0.15, -0.1) is 0 Å². The number of ether oxygens (including phenoxy) is 2. The van der Waals surface area contributed by atoms with E-state index in [-0.39, 0.29) is 30.1 Å². The molecule has 1 aliphatic rings. The predicted octanol–water partition coefficient (Wildman–Crippen LogP) is 6.80. The first-order valence-corrected chi connectivity index (χ1v) is 20.6. The molecule has 0 bridgehead atoms. The van der Waals surface area contributed by atoms with Gasteiger partial charge in [-0.05, 0) is 69.2 Å². The summed E-state index contributed by atoms with van der Waals surface area (Å²) in [5.41, 5.74) is 1.27. The van der Waals surface area contributed by atoms with Crippen molar-refractivity contribution in [1.82, 2.24) is 0 Å². The van der Waals surface area contributed by atoms with Gasteiger partial charge in [0.1, 0.15) is 12.4 Å². The van der Waals surface area contributed by atoms with E-state index in [1.165, 1.54) is 14.0 Å². The van der Waals surface area contributed by atoms with E-state index in [0.717, 1.165) is 17.4 Å². The number of benzene rings is 1. The fraction of sp³-hybridized carbons (Fsp3) is 0.594. The van der Waals surface area contributed by atoms with Gasteiger partial charge in [-0.2, -0.15) is 0 Å². The van der Waals surface area contributed by atoms with Gasteiger partial charge in [-0.25, -0.2) is 4.79 Å². The third-order valence-corrected chi connectivity index (χ3v) is 13.7. The second-order valence-electron chi connectivity index (χ2n) is 13.7. The van der Waals surface area contributed by atoms with Gasteiger partial charge in [0.05, 0.1) is 19.8 Å². The molecular formula is C32H50O7Si2. The van der Waals surface area contributed by atoms with Crippen molar-refractivity contribution in [3.8, 4) is 0 Å². The highest BCUT2D eigenvalue weighted by Crippen LogP contribution is 2.44. The van der Waals surface area contributed by atoms with Crippen molar-refractivity contribution in [1.29, 1.82) is 0 Å². The molecule has 4 atom stereocenters. The van der Waals surface area contributed by atoms with Crippen molar-refractivity contribution >= 4 is 34.7 Å². The van der Waals surface area contributed by atoms with Crippen LogP contribution in [0.25, 0.3) is 0 Å². The maximum atomic E-state index is 14.1. The maximum absolute atomic E-state index is 14.1. The molecule has 9 heteroatoms. The molecule has 0 heterocycles. The number of aldehydes is 1. The zero-order valence-electron chi connectivity index (χ0n) is 26.9. The number of ketones is 1. The SMILES string of the molecule is C=C(C[C@@H](OCc1ccccc1)C(=O)C(C)(O[Si](C)(C)C)C(=O)OC)[C@@H]1CC(O[Si](C)(C)C(C)(C)C)C(C)=C1C=O. The second kappa shape index (κ2) is 13.4. The van der Waals surface area contributed by atoms with Crippen molar-refractivity contribution in [2.75, 3.05) is 7.11 Å². The average molecular weight is 603 g/mol. The Morgan fingerprint density at radius 2 is 1.66 bits per heavy atom. The molecule has 1 aromatic rings. The van der Waals surface area contributed by atoms with E-state index in [4.69, 9.17) is 18.3 Å². The Morgan fingerprint density at radius 1 is 1.07 bits per heavy atom. The van der Waals surface area contributed by atoms with E-state index in [9.17, 15) is 14.4 Å². The number of rotatable bonds is 14. The highest BCUT2D eigenvalue weighted by atomic mass is 28.4. The van der Waals surface area contributed by atoms with Crippen LogP contribution in [0.3, 0.4) is 0 Å². The summed E-state index contributed by atoms with van der Waals surface area (Å²) in [7, 11) is -3.24. The average Bonchev–Trinajstić information content (AvgIpc) is 3.18. The van der Waals surface area contributed by atoms with Crippen molar-refractivity contribution in [2.45, 2.75) is 110 Å². The van der Waals surface area contributed by atoms with E-state index in [0.29, 0.717) is 17.6 Å². The summed E-state index contributed by atoms with van der Waals surface area (Å²) in [5.74, 6) is -1.58. The monoisotopic (exact) mass is 602 g/mol. The molecule has 0 N–H and O–H groups in total. The van der Waals surface area contributed by atoms with E-state index >= 15 is 0 Å². The summed E-state index contributed by atoms with van der Waals surface area (Å²) in [6.45, 7) is 24.6. The second-order valence-corrected chi connectivity index (χ2v) is 22.8. The topological polar surface area (TPSA) is 88.1 Å². The third-order valence-electron chi connectivity index (χ3n) is 8.22. The number of hydrogen-bond donors (Lipinski definition) is 0. The Hall–Kier alpha value is -2.18. The van der Waals surface area contributed by atoms with Crippen LogP contribution in [0.4, 0.5) is 0 Å². The molecule has 0 radical (unpaired) electrons. The predicted molar refractivity (Wildman–Crippen MR) is 168 cm³/mol. The molecule has 0 amide bonds. The lowest BCUT2D eigenvalue weighted by Crippen LogP contribution is -2.56. The van der Waals surface area contributed by atoms with Crippen LogP contribution in [0, 0.1) is 5.92 Å². The fourth-order valence-electron chi connectivity index (χ4n) is 4.89. The summed E-state index contributed by atoms with van der Waals surface area (Å²) in [6.07, 6.45) is 0.332. The van der Waals surface area contributed by atoms with Crippen LogP contribution in [-0.2, 0) is 39.3 Å². The Morgan fingerprint density at radius 3 is 2.15 bits per heavy atom. The minimum Gasteiger partial charge on any atom is -0.467 e. The number of carbonyl (C=O) groups is 3. The molecule has 0 saturated carbocycles. The van der Waals surface area contributed by atoms with E-state index in [1.54, 1.807) is 0 Å². The minimum absolute atomic E-state index is 0.0151. The summed E-state index contributed by atoms with van der Waals surface area (Å²) in [5, 5.41) is 0.0151. The molecule has 228 valence electrons. The number of methoxy groups -OCH3 is 1. The van der Waals surface area contributed by atoms with Crippen molar-refractivity contribution in [3.63, 3.8) is 0 Å². The molecule has 41 heavy (non-hydrogen) atoms. The number of Topliss-reactive ketones (excluding diaryl/α,β-unsaturated/α-hetero) is 1. The van der Waals surface area contributed by atoms with Crippen LogP contribution in [0.2, 0.25) is 37.8 Å². The third kappa shape index (κ3) is 8.67. The Balaban J connectivity index is 2.41. The summed E-state index contributed by atoms with van der Waals surface area (Å²) in [6, 6.07) is 9.51. The number of carbonyl (C=O) groups excluding carboxylic acids is 3. The van der Waals surface area contributed by atoms with E-state index < -0.39 is 40.1 Å². The first-order valence-electron chi connectivity index (χ1n) is 14.3. The highest BCUT2D eigenvalue weighted by Gasteiger charge is 2.50. The van der Waals surface area contributed by atoms with Gasteiger partial charge in [0.15, 0.2) is 16.6 Å². The molecule has 2 rings (SSSR count). The molecule has 1 aromatic carbocycles. The summed E-state index contributed by atoms with van der Waals surface area (Å²) >= 11 is 0. The largest absolute Gasteiger partial charge is 0.467 e. The molecule has 1 aliphatic carbocycles. The molecule has 0 spiro atoms. The standard InChI is InChI=1S/C32H50O7Si2/c1-22(25-19-27(23(2)26(25)20-33)38-41(11,12)31(3,4)5)18-28(37-21-24-16-14-13-15-17-24)29(34)32(6,30(35)36-7)39-40(8,9)10/h13-17,20,25,27-28H,1,18-19,21H2,2-12H3/t25-,27?,28+,32?/m0/s1. The molecule has 0 aliphatic heterocycles. The number of esters is 1. The van der Waals surface area contributed by atoms with Crippen molar-refractivity contribution < 1.29 is 32.7 Å². The van der Waals surface area contributed by atoms with Crippen LogP contribution < -0.4 is 0 Å². The molecule has 2 unspecified atom stereocenters. The molecule has 0 saturated heterocycles. The van der Waals surface area contributed by atoms with Crippen LogP contribution in [0.5, 0.6) is 0 Å². The Bertz CT molecular complexity index is 1140. The zero-order valence-corrected chi connectivity index (χ0v) is 28.9. The lowest BCUT2D eigenvalue weighted by Gasteiger charge is -2.39. The molecular weight excluding hydrogens is 553 g/mol. The van der Waals surface area contributed by atoms with Gasteiger partial charge in [-0.3, -0.25) is 9.59 Å². The van der Waals surface area contributed by atoms with Gasteiger partial charge >= 0.3 is 5.97 Å². The highest BCUT2D eigenvalue weighted by molar-refractivity contribution is 6.74. The molecule has 0 aromatic heterocycles. The molecule has 0 fully saturated rings. The van der Waals surface area contributed by atoms with Gasteiger partial charge in [0.25, 0.3) is 0 Å². The number of allylic oxidation sites excluding steroid dienone is 1. The number of hydrogen-bond acceptors (Lipinski definition) is 7. The smallest absolute Gasteiger partial charge is 0.344 e. The van der Waals surface area contributed by atoms with Gasteiger partial charge in [0, 0.05) is 17.9 Å². The Labute approximate surface area is 248 Å². The van der Waals surface area contributed by atoms with E-state index in [2.05, 4.69) is 40.4 Å². The van der Waals surface area contributed by atoms with Gasteiger partial charge in [0.2, 0.25) is 11.4 Å². The normalized spacial score (nSPS) is 20.4. The zero-order chi connectivity index (χ0) is 31.4. The van der Waals surface area contributed by atoms with Gasteiger partial charge < -0.3 is 18.3 Å². The maximum Gasteiger partial charge on any atom is 0.344 e. The van der Waals surface area contributed by atoms with Crippen LogP contribution in [-0.4, -0.2) is 59.6 Å². The van der Waals surface area contributed by atoms with Crippen LogP contribution in [0.1, 0.15) is 53.0 Å². The summed E-state index contributed by atoms with van der Waals surface area (Å²) in [4.78, 5) is 39.4. The lowest BCUT2D eigenvalue weighted by atomic mass is 9.86. The van der Waals surface area contributed by atoms with Gasteiger partial charge in [-0.1, -0.05) is 63.3 Å². The first kappa shape index (κ1) is 35.0.